The lowest BCUT2D eigenvalue weighted by atomic mass is 10.2. The minimum atomic E-state index is 0.498. The molecule has 0 saturated heterocycles. The van der Waals surface area contributed by atoms with Crippen LogP contribution in [0.3, 0.4) is 0 Å². The second kappa shape index (κ2) is 7.25. The first-order chi connectivity index (χ1) is 7.72. The molecule has 1 N–H and O–H groups in total. The number of hydrogen-bond acceptors (Lipinski definition) is 3. The molecule has 90 valence electrons. The van der Waals surface area contributed by atoms with Crippen molar-refractivity contribution in [3.63, 3.8) is 0 Å². The van der Waals surface area contributed by atoms with Gasteiger partial charge in [-0.05, 0) is 17.7 Å². The van der Waals surface area contributed by atoms with Crippen LogP contribution >= 0.6 is 0 Å². The molecule has 0 heterocycles. The Kier molecular flexibility index (Phi) is 5.90. The van der Waals surface area contributed by atoms with E-state index in [1.807, 2.05) is 12.1 Å². The van der Waals surface area contributed by atoms with E-state index in [1.165, 1.54) is 5.56 Å². The number of benzene rings is 1. The summed E-state index contributed by atoms with van der Waals surface area (Å²) in [6.07, 6.45) is 0. The first-order valence-corrected chi connectivity index (χ1v) is 5.66. The molecular formula is C13H21NO2. The number of ether oxygens (including phenoxy) is 2. The third kappa shape index (κ3) is 5.14. The first-order valence-electron chi connectivity index (χ1n) is 5.66. The van der Waals surface area contributed by atoms with Crippen molar-refractivity contribution in [2.45, 2.75) is 26.4 Å². The van der Waals surface area contributed by atoms with Crippen LogP contribution in [0.5, 0.6) is 5.75 Å². The van der Waals surface area contributed by atoms with Crippen molar-refractivity contribution in [1.82, 2.24) is 5.32 Å². The third-order valence-corrected chi connectivity index (χ3v) is 2.17. The van der Waals surface area contributed by atoms with Crippen LogP contribution in [0, 0.1) is 0 Å². The molecule has 0 saturated carbocycles. The minimum absolute atomic E-state index is 0.498. The summed E-state index contributed by atoms with van der Waals surface area (Å²) >= 11 is 0. The van der Waals surface area contributed by atoms with Gasteiger partial charge in [-0.1, -0.05) is 26.0 Å². The van der Waals surface area contributed by atoms with E-state index in [2.05, 4.69) is 31.3 Å². The summed E-state index contributed by atoms with van der Waals surface area (Å²) in [5.41, 5.74) is 1.24. The van der Waals surface area contributed by atoms with Gasteiger partial charge >= 0.3 is 0 Å². The zero-order valence-electron chi connectivity index (χ0n) is 10.3. The average molecular weight is 223 g/mol. The highest BCUT2D eigenvalue weighted by Gasteiger charge is 1.98. The van der Waals surface area contributed by atoms with Gasteiger partial charge in [0.25, 0.3) is 0 Å². The Balaban J connectivity index is 2.43. The second-order valence-corrected chi connectivity index (χ2v) is 4.02. The quantitative estimate of drug-likeness (QED) is 0.719. The van der Waals surface area contributed by atoms with Crippen molar-refractivity contribution in [3.8, 4) is 5.75 Å². The van der Waals surface area contributed by atoms with Crippen LogP contribution in [0.25, 0.3) is 0 Å². The standard InChI is InChI=1S/C13H21NO2/c1-11(2)14-10-12-5-4-6-13(9-12)16-8-7-15-3/h4-6,9,11,14H,7-8,10H2,1-3H3. The van der Waals surface area contributed by atoms with E-state index in [9.17, 15) is 0 Å². The maximum atomic E-state index is 5.54. The smallest absolute Gasteiger partial charge is 0.119 e. The van der Waals surface area contributed by atoms with E-state index in [0.717, 1.165) is 12.3 Å². The van der Waals surface area contributed by atoms with Crippen LogP contribution in [-0.2, 0) is 11.3 Å². The van der Waals surface area contributed by atoms with Gasteiger partial charge in [-0.3, -0.25) is 0 Å². The van der Waals surface area contributed by atoms with Crippen molar-refractivity contribution in [3.05, 3.63) is 29.8 Å². The molecule has 1 aromatic rings. The number of methoxy groups -OCH3 is 1. The van der Waals surface area contributed by atoms with Gasteiger partial charge in [-0.2, -0.15) is 0 Å². The van der Waals surface area contributed by atoms with Gasteiger partial charge in [0.05, 0.1) is 6.61 Å². The normalized spacial score (nSPS) is 10.8. The molecule has 0 aliphatic rings. The molecule has 0 atom stereocenters. The summed E-state index contributed by atoms with van der Waals surface area (Å²) in [4.78, 5) is 0. The van der Waals surface area contributed by atoms with E-state index in [0.29, 0.717) is 19.3 Å². The lowest BCUT2D eigenvalue weighted by Crippen LogP contribution is -2.21. The predicted octanol–water partition coefficient (Wildman–Crippen LogP) is 2.21. The molecular weight excluding hydrogens is 202 g/mol. The van der Waals surface area contributed by atoms with E-state index < -0.39 is 0 Å². The number of hydrogen-bond donors (Lipinski definition) is 1. The highest BCUT2D eigenvalue weighted by Crippen LogP contribution is 2.13. The van der Waals surface area contributed by atoms with Gasteiger partial charge in [0, 0.05) is 19.7 Å². The molecule has 1 rings (SSSR count). The Labute approximate surface area is 97.8 Å². The molecule has 3 heteroatoms. The molecule has 0 unspecified atom stereocenters. The maximum absolute atomic E-state index is 5.54. The Hall–Kier alpha value is -1.06. The lowest BCUT2D eigenvalue weighted by Gasteiger charge is -2.10. The largest absolute Gasteiger partial charge is 0.491 e. The molecule has 0 fully saturated rings. The summed E-state index contributed by atoms with van der Waals surface area (Å²) in [7, 11) is 1.67. The summed E-state index contributed by atoms with van der Waals surface area (Å²) in [5, 5.41) is 3.38. The van der Waals surface area contributed by atoms with E-state index in [-0.39, 0.29) is 0 Å². The van der Waals surface area contributed by atoms with Gasteiger partial charge < -0.3 is 14.8 Å². The monoisotopic (exact) mass is 223 g/mol. The zero-order chi connectivity index (χ0) is 11.8. The molecule has 0 radical (unpaired) electrons. The summed E-state index contributed by atoms with van der Waals surface area (Å²) in [6, 6.07) is 8.63. The highest BCUT2D eigenvalue weighted by atomic mass is 16.5. The summed E-state index contributed by atoms with van der Waals surface area (Å²) in [5.74, 6) is 0.903. The maximum Gasteiger partial charge on any atom is 0.119 e. The molecule has 0 bridgehead atoms. The van der Waals surface area contributed by atoms with Crippen molar-refractivity contribution < 1.29 is 9.47 Å². The fraction of sp³-hybridized carbons (Fsp3) is 0.538. The lowest BCUT2D eigenvalue weighted by molar-refractivity contribution is 0.146. The van der Waals surface area contributed by atoms with E-state index in [4.69, 9.17) is 9.47 Å². The molecule has 16 heavy (non-hydrogen) atoms. The highest BCUT2D eigenvalue weighted by molar-refractivity contribution is 5.28. The Morgan fingerprint density at radius 2 is 2.06 bits per heavy atom. The molecule has 3 nitrogen and oxygen atoms in total. The molecule has 0 aromatic heterocycles. The summed E-state index contributed by atoms with van der Waals surface area (Å²) < 4.78 is 10.5. The van der Waals surface area contributed by atoms with Gasteiger partial charge in [-0.25, -0.2) is 0 Å². The summed E-state index contributed by atoms with van der Waals surface area (Å²) in [6.45, 7) is 6.36. The fourth-order valence-corrected chi connectivity index (χ4v) is 1.31. The third-order valence-electron chi connectivity index (χ3n) is 2.17. The van der Waals surface area contributed by atoms with Crippen LogP contribution in [0.1, 0.15) is 19.4 Å². The van der Waals surface area contributed by atoms with Gasteiger partial charge in [0.15, 0.2) is 0 Å². The van der Waals surface area contributed by atoms with Crippen LogP contribution in [0.2, 0.25) is 0 Å². The van der Waals surface area contributed by atoms with Gasteiger partial charge in [0.2, 0.25) is 0 Å². The molecule has 1 aromatic carbocycles. The Morgan fingerprint density at radius 1 is 1.25 bits per heavy atom. The SMILES string of the molecule is COCCOc1cccc(CNC(C)C)c1. The fourth-order valence-electron chi connectivity index (χ4n) is 1.31. The Bertz CT molecular complexity index is 300. The van der Waals surface area contributed by atoms with Crippen molar-refractivity contribution in [2.24, 2.45) is 0 Å². The topological polar surface area (TPSA) is 30.5 Å². The van der Waals surface area contributed by atoms with Crippen molar-refractivity contribution in [2.75, 3.05) is 20.3 Å². The Morgan fingerprint density at radius 3 is 2.75 bits per heavy atom. The minimum Gasteiger partial charge on any atom is -0.491 e. The average Bonchev–Trinajstić information content (AvgIpc) is 2.27. The predicted molar refractivity (Wildman–Crippen MR) is 65.8 cm³/mol. The number of rotatable bonds is 7. The number of nitrogens with one attached hydrogen (secondary N) is 1. The molecule has 0 aliphatic heterocycles. The van der Waals surface area contributed by atoms with E-state index >= 15 is 0 Å². The van der Waals surface area contributed by atoms with Gasteiger partial charge in [0.1, 0.15) is 12.4 Å². The molecule has 0 amide bonds. The van der Waals surface area contributed by atoms with Crippen LogP contribution in [-0.4, -0.2) is 26.4 Å². The zero-order valence-corrected chi connectivity index (χ0v) is 10.3. The van der Waals surface area contributed by atoms with Crippen LogP contribution < -0.4 is 10.1 Å². The molecule has 0 aliphatic carbocycles. The van der Waals surface area contributed by atoms with E-state index in [1.54, 1.807) is 7.11 Å². The first kappa shape index (κ1) is 13.0. The van der Waals surface area contributed by atoms with Crippen molar-refractivity contribution in [1.29, 1.82) is 0 Å². The van der Waals surface area contributed by atoms with Crippen LogP contribution in [0.4, 0.5) is 0 Å². The molecule has 0 spiro atoms. The van der Waals surface area contributed by atoms with Crippen LogP contribution in [0.15, 0.2) is 24.3 Å². The second-order valence-electron chi connectivity index (χ2n) is 4.02. The van der Waals surface area contributed by atoms with Crippen molar-refractivity contribution >= 4 is 0 Å². The van der Waals surface area contributed by atoms with Gasteiger partial charge in [-0.15, -0.1) is 0 Å².